The number of hydrogen-bond acceptors (Lipinski definition) is 5. The molecule has 40 heavy (non-hydrogen) atoms. The summed E-state index contributed by atoms with van der Waals surface area (Å²) in [6, 6.07) is 23.1. The Morgan fingerprint density at radius 1 is 0.925 bits per heavy atom. The summed E-state index contributed by atoms with van der Waals surface area (Å²) in [5, 5.41) is -4.45. The zero-order chi connectivity index (χ0) is 29.3. The largest absolute Gasteiger partial charge is 0.483 e. The minimum atomic E-state index is -5.63. The Labute approximate surface area is 237 Å². The monoisotopic (exact) mass is 593 g/mol. The maximum Gasteiger partial charge on any atom is 0.405 e. The Morgan fingerprint density at radius 3 is 2.00 bits per heavy atom. The maximum absolute atomic E-state index is 14.0. The summed E-state index contributed by atoms with van der Waals surface area (Å²) in [5.41, 5.74) is 2.08. The summed E-state index contributed by atoms with van der Waals surface area (Å²) in [5.74, 6) is -0.803. The maximum atomic E-state index is 14.0. The van der Waals surface area contributed by atoms with E-state index in [1.807, 2.05) is 25.1 Å². The molecule has 1 aliphatic heterocycles. The molecule has 2 unspecified atom stereocenters. The SMILES string of the molecule is CC(Oc1ccc([S+](c2ccc(C(C)(C)C)cc2)c2cccc(C3(C)OCCCO3)c2)cc1)C(F)(F)S(=O)(=O)O. The van der Waals surface area contributed by atoms with Gasteiger partial charge in [-0.15, -0.1) is 0 Å². The van der Waals surface area contributed by atoms with Gasteiger partial charge in [0.05, 0.1) is 24.1 Å². The Kier molecular flexibility index (Phi) is 8.69. The fourth-order valence-corrected chi connectivity index (χ4v) is 6.90. The van der Waals surface area contributed by atoms with E-state index in [0.29, 0.717) is 13.2 Å². The smallest absolute Gasteiger partial charge is 0.405 e. The van der Waals surface area contributed by atoms with E-state index in [9.17, 15) is 17.2 Å². The van der Waals surface area contributed by atoms with E-state index in [1.54, 1.807) is 12.1 Å². The van der Waals surface area contributed by atoms with E-state index < -0.39 is 38.2 Å². The summed E-state index contributed by atoms with van der Waals surface area (Å²) in [6.45, 7) is 10.5. The molecule has 1 N–H and O–H groups in total. The van der Waals surface area contributed by atoms with E-state index in [-0.39, 0.29) is 11.2 Å². The van der Waals surface area contributed by atoms with Crippen LogP contribution in [-0.2, 0) is 41.7 Å². The van der Waals surface area contributed by atoms with Crippen molar-refractivity contribution in [2.75, 3.05) is 13.2 Å². The van der Waals surface area contributed by atoms with Gasteiger partial charge in [-0.3, -0.25) is 4.55 Å². The van der Waals surface area contributed by atoms with Crippen LogP contribution in [0.1, 0.15) is 52.2 Å². The molecule has 3 aromatic carbocycles. The summed E-state index contributed by atoms with van der Waals surface area (Å²) in [6.07, 6.45) is -1.26. The minimum Gasteiger partial charge on any atom is -0.483 e. The van der Waals surface area contributed by atoms with E-state index >= 15 is 0 Å². The van der Waals surface area contributed by atoms with E-state index in [2.05, 4.69) is 51.1 Å². The lowest BCUT2D eigenvalue weighted by molar-refractivity contribution is -0.265. The van der Waals surface area contributed by atoms with Gasteiger partial charge in [-0.2, -0.15) is 17.2 Å². The lowest BCUT2D eigenvalue weighted by Crippen LogP contribution is -2.42. The van der Waals surface area contributed by atoms with E-state index in [4.69, 9.17) is 18.8 Å². The Bertz CT molecular complexity index is 1410. The Morgan fingerprint density at radius 2 is 1.48 bits per heavy atom. The van der Waals surface area contributed by atoms with Crippen LogP contribution in [0, 0.1) is 0 Å². The van der Waals surface area contributed by atoms with Crippen molar-refractivity contribution >= 4 is 21.0 Å². The molecule has 0 saturated carbocycles. The molecule has 1 fully saturated rings. The number of halogens is 2. The van der Waals surface area contributed by atoms with Crippen molar-refractivity contribution in [2.24, 2.45) is 0 Å². The third kappa shape index (κ3) is 6.52. The van der Waals surface area contributed by atoms with Crippen molar-refractivity contribution < 1.29 is 36.0 Å². The van der Waals surface area contributed by atoms with Gasteiger partial charge in [0.1, 0.15) is 5.75 Å². The predicted octanol–water partition coefficient (Wildman–Crippen LogP) is 6.94. The quantitative estimate of drug-likeness (QED) is 0.225. The topological polar surface area (TPSA) is 82.1 Å². The molecule has 4 rings (SSSR count). The number of alkyl halides is 2. The van der Waals surface area contributed by atoms with Gasteiger partial charge in [-0.05, 0) is 73.7 Å². The molecule has 1 aliphatic rings. The Hall–Kier alpha value is -2.50. The zero-order valence-electron chi connectivity index (χ0n) is 23.2. The lowest BCUT2D eigenvalue weighted by atomic mass is 9.87. The first-order valence-electron chi connectivity index (χ1n) is 13.0. The van der Waals surface area contributed by atoms with Gasteiger partial charge in [0.15, 0.2) is 26.6 Å². The van der Waals surface area contributed by atoms with Crippen LogP contribution in [0.15, 0.2) is 87.5 Å². The molecule has 1 saturated heterocycles. The molecular formula is C30H35F2O6S2+. The average Bonchev–Trinajstić information content (AvgIpc) is 2.89. The van der Waals surface area contributed by atoms with E-state index in [0.717, 1.165) is 33.6 Å². The molecule has 0 spiro atoms. The molecule has 216 valence electrons. The van der Waals surface area contributed by atoms with Gasteiger partial charge >= 0.3 is 15.4 Å². The van der Waals surface area contributed by atoms with E-state index in [1.165, 1.54) is 17.7 Å². The van der Waals surface area contributed by atoms with Crippen molar-refractivity contribution in [2.45, 2.75) is 78.3 Å². The van der Waals surface area contributed by atoms with Crippen molar-refractivity contribution in [1.29, 1.82) is 0 Å². The highest BCUT2D eigenvalue weighted by atomic mass is 32.2. The molecule has 0 aromatic heterocycles. The number of benzene rings is 3. The van der Waals surface area contributed by atoms with Crippen molar-refractivity contribution in [3.63, 3.8) is 0 Å². The van der Waals surface area contributed by atoms with Crippen LogP contribution in [0.4, 0.5) is 8.78 Å². The van der Waals surface area contributed by atoms with Crippen LogP contribution in [-0.4, -0.2) is 37.5 Å². The molecule has 1 heterocycles. The van der Waals surface area contributed by atoms with Crippen LogP contribution in [0.3, 0.4) is 0 Å². The summed E-state index contributed by atoms with van der Waals surface area (Å²) in [7, 11) is -6.21. The standard InChI is InChI=1S/C30H34F2O6S2/c1-21(30(31,32)40(33,34)35)38-24-12-16-26(17-13-24)39(25-14-10-22(11-15-25)28(2,3)4)27-9-6-8-23(20-27)29(5)36-18-7-19-37-29/h6,8-17,20-21H,7,18-19H2,1-5H3/p+1. The Balaban J connectivity index is 1.72. The van der Waals surface area contributed by atoms with Gasteiger partial charge in [-0.1, -0.05) is 45.0 Å². The van der Waals surface area contributed by atoms with Crippen molar-refractivity contribution in [3.05, 3.63) is 83.9 Å². The number of hydrogen-bond donors (Lipinski definition) is 1. The van der Waals surface area contributed by atoms with Crippen LogP contribution >= 0.6 is 0 Å². The fraction of sp³-hybridized carbons (Fsp3) is 0.400. The van der Waals surface area contributed by atoms with Crippen LogP contribution in [0.5, 0.6) is 5.75 Å². The third-order valence-corrected chi connectivity index (χ3v) is 10.0. The van der Waals surface area contributed by atoms with Crippen LogP contribution < -0.4 is 4.74 Å². The highest BCUT2D eigenvalue weighted by Crippen LogP contribution is 2.38. The molecule has 3 aromatic rings. The van der Waals surface area contributed by atoms with Gasteiger partial charge in [0.25, 0.3) is 0 Å². The summed E-state index contributed by atoms with van der Waals surface area (Å²) >= 11 is 0. The van der Waals surface area contributed by atoms with Crippen molar-refractivity contribution in [1.82, 2.24) is 0 Å². The molecule has 10 heteroatoms. The first-order valence-corrected chi connectivity index (χ1v) is 15.6. The summed E-state index contributed by atoms with van der Waals surface area (Å²) in [4.78, 5) is 2.97. The lowest BCUT2D eigenvalue weighted by Gasteiger charge is -2.34. The minimum absolute atomic E-state index is 0.0128. The number of rotatable bonds is 8. The highest BCUT2D eigenvalue weighted by molar-refractivity contribution is 7.97. The molecule has 2 atom stereocenters. The molecular weight excluding hydrogens is 558 g/mol. The molecule has 6 nitrogen and oxygen atoms in total. The second-order valence-electron chi connectivity index (χ2n) is 10.9. The third-order valence-electron chi connectivity index (χ3n) is 6.78. The first-order chi connectivity index (χ1) is 18.6. The average molecular weight is 594 g/mol. The first kappa shape index (κ1) is 30.5. The van der Waals surface area contributed by atoms with Gasteiger partial charge in [-0.25, -0.2) is 0 Å². The summed E-state index contributed by atoms with van der Waals surface area (Å²) < 4.78 is 76.3. The van der Waals surface area contributed by atoms with Gasteiger partial charge in [0.2, 0.25) is 0 Å². The fourth-order valence-electron chi connectivity index (χ4n) is 4.34. The zero-order valence-corrected chi connectivity index (χ0v) is 24.8. The molecule has 0 amide bonds. The predicted molar refractivity (Wildman–Crippen MR) is 151 cm³/mol. The normalized spacial score (nSPS) is 17.7. The van der Waals surface area contributed by atoms with Crippen LogP contribution in [0.2, 0.25) is 0 Å². The molecule has 0 aliphatic carbocycles. The molecule has 0 radical (unpaired) electrons. The molecule has 0 bridgehead atoms. The van der Waals surface area contributed by atoms with Crippen molar-refractivity contribution in [3.8, 4) is 5.75 Å². The van der Waals surface area contributed by atoms with Gasteiger partial charge < -0.3 is 14.2 Å². The van der Waals surface area contributed by atoms with Crippen LogP contribution in [0.25, 0.3) is 0 Å². The second kappa shape index (κ2) is 11.4. The number of ether oxygens (including phenoxy) is 3. The highest BCUT2D eigenvalue weighted by Gasteiger charge is 2.51. The second-order valence-corrected chi connectivity index (χ2v) is 14.4. The van der Waals surface area contributed by atoms with Gasteiger partial charge in [0, 0.05) is 11.6 Å².